The number of pyridine rings is 1. The third kappa shape index (κ3) is 6.26. The van der Waals surface area contributed by atoms with Crippen LogP contribution in [-0.4, -0.2) is 61.2 Å². The number of carbonyl (C=O) groups is 2. The van der Waals surface area contributed by atoms with Crippen molar-refractivity contribution in [3.05, 3.63) is 118 Å². The molecule has 0 bridgehead atoms. The van der Waals surface area contributed by atoms with Gasteiger partial charge in [0, 0.05) is 44.8 Å². The second-order valence-electron chi connectivity index (χ2n) is 14.1. The molecule has 1 saturated heterocycles. The molecule has 2 atom stereocenters. The standard InChI is InChI=1S/C40H36Cl2N6O4/c1-40(2,3)52-39(50)47-18-8-11-27(47)21-51-38-29(12-7-17-43-38)46-37(49)34-32-31-28(19-26(42)20-30(31)45-34)35(24-13-15-25(41)16-14-24)48-22-44-33(36(32)48)23-9-5-4-6-10-23/h4-7,9-10,12-17,19-20,22,27,35,45H,8,11,18,21H2,1-3H3,(H,46,49). The van der Waals surface area contributed by atoms with Gasteiger partial charge in [-0.1, -0.05) is 65.7 Å². The molecule has 1 fully saturated rings. The Labute approximate surface area is 310 Å². The number of nitrogens with one attached hydrogen (secondary N) is 2. The molecule has 0 radical (unpaired) electrons. The maximum absolute atomic E-state index is 14.5. The Morgan fingerprint density at radius 2 is 1.77 bits per heavy atom. The van der Waals surface area contributed by atoms with E-state index in [4.69, 9.17) is 37.7 Å². The SMILES string of the molecule is CC(C)(C)OC(=O)N1CCCC1COc1ncccc1NC(=O)c1[nH]c2cc(Cl)cc3c2c1-c1c(-c2ccccc2)ncn1C3c1ccc(Cl)cc1. The quantitative estimate of drug-likeness (QED) is 0.169. The monoisotopic (exact) mass is 734 g/mol. The zero-order chi connectivity index (χ0) is 36.1. The number of aromatic amines is 1. The van der Waals surface area contributed by atoms with Crippen LogP contribution in [0.25, 0.3) is 33.4 Å². The van der Waals surface area contributed by atoms with Crippen LogP contribution >= 0.6 is 23.2 Å². The van der Waals surface area contributed by atoms with Crippen LogP contribution in [0.3, 0.4) is 0 Å². The second kappa shape index (κ2) is 13.3. The highest BCUT2D eigenvalue weighted by Crippen LogP contribution is 2.50. The van der Waals surface area contributed by atoms with Crippen molar-refractivity contribution in [1.29, 1.82) is 0 Å². The van der Waals surface area contributed by atoms with Crippen LogP contribution in [-0.2, 0) is 4.74 Å². The lowest BCUT2D eigenvalue weighted by Gasteiger charge is -2.28. The molecule has 8 rings (SSSR count). The first kappa shape index (κ1) is 33.8. The van der Waals surface area contributed by atoms with Crippen LogP contribution in [0, 0.1) is 0 Å². The van der Waals surface area contributed by atoms with Gasteiger partial charge >= 0.3 is 6.09 Å². The van der Waals surface area contributed by atoms with Crippen molar-refractivity contribution < 1.29 is 19.1 Å². The Balaban J connectivity index is 1.17. The first-order valence-electron chi connectivity index (χ1n) is 17.2. The van der Waals surface area contributed by atoms with E-state index in [1.54, 1.807) is 23.2 Å². The minimum Gasteiger partial charge on any atom is -0.474 e. The smallest absolute Gasteiger partial charge is 0.410 e. The molecule has 10 nitrogen and oxygen atoms in total. The molecule has 2 N–H and O–H groups in total. The number of fused-ring (bicyclic) bond motifs is 2. The number of hydrogen-bond donors (Lipinski definition) is 2. The van der Waals surface area contributed by atoms with Gasteiger partial charge in [0.05, 0.1) is 29.8 Å². The number of imidazole rings is 1. The number of hydrogen-bond acceptors (Lipinski definition) is 6. The average Bonchev–Trinajstić information content (AvgIpc) is 3.86. The number of rotatable bonds is 7. The lowest BCUT2D eigenvalue weighted by atomic mass is 9.88. The van der Waals surface area contributed by atoms with Crippen LogP contribution in [0.4, 0.5) is 10.5 Å². The van der Waals surface area contributed by atoms with Crippen molar-refractivity contribution >= 4 is 51.8 Å². The van der Waals surface area contributed by atoms with Crippen molar-refractivity contribution in [2.45, 2.75) is 51.3 Å². The summed E-state index contributed by atoms with van der Waals surface area (Å²) in [4.78, 5) is 41.8. The first-order chi connectivity index (χ1) is 25.1. The minimum atomic E-state index is -0.603. The maximum atomic E-state index is 14.5. The van der Waals surface area contributed by atoms with E-state index in [2.05, 4.69) is 19.9 Å². The summed E-state index contributed by atoms with van der Waals surface area (Å²) < 4.78 is 13.9. The van der Waals surface area contributed by atoms with E-state index >= 15 is 0 Å². The van der Waals surface area contributed by atoms with Crippen molar-refractivity contribution in [1.82, 2.24) is 24.4 Å². The zero-order valence-corrected chi connectivity index (χ0v) is 30.3. The number of likely N-dealkylation sites (tertiary alicyclic amines) is 1. The van der Waals surface area contributed by atoms with Crippen LogP contribution in [0.5, 0.6) is 5.88 Å². The van der Waals surface area contributed by atoms with Crippen molar-refractivity contribution in [2.75, 3.05) is 18.5 Å². The molecule has 264 valence electrons. The van der Waals surface area contributed by atoms with Crippen molar-refractivity contribution in [3.63, 3.8) is 0 Å². The predicted octanol–water partition coefficient (Wildman–Crippen LogP) is 9.38. The molecule has 2 unspecified atom stereocenters. The zero-order valence-electron chi connectivity index (χ0n) is 28.8. The first-order valence-corrected chi connectivity index (χ1v) is 17.9. The number of benzene rings is 3. The Bertz CT molecular complexity index is 2310. The van der Waals surface area contributed by atoms with Gasteiger partial charge in [-0.15, -0.1) is 0 Å². The molecule has 0 saturated carbocycles. The van der Waals surface area contributed by atoms with Gasteiger partial charge in [-0.05, 0) is 81.1 Å². The molecule has 3 aromatic carbocycles. The molecule has 5 heterocycles. The Hall–Kier alpha value is -5.32. The van der Waals surface area contributed by atoms with Crippen LogP contribution in [0.15, 0.2) is 91.4 Å². The number of aromatic nitrogens is 4. The minimum absolute atomic E-state index is 0.188. The summed E-state index contributed by atoms with van der Waals surface area (Å²) in [5.74, 6) is -0.141. The van der Waals surface area contributed by atoms with Gasteiger partial charge in [-0.2, -0.15) is 0 Å². The summed E-state index contributed by atoms with van der Waals surface area (Å²) >= 11 is 13.1. The fourth-order valence-corrected chi connectivity index (χ4v) is 7.58. The van der Waals surface area contributed by atoms with E-state index in [9.17, 15) is 9.59 Å². The summed E-state index contributed by atoms with van der Waals surface area (Å²) in [5, 5.41) is 5.10. The third-order valence-electron chi connectivity index (χ3n) is 9.39. The highest BCUT2D eigenvalue weighted by molar-refractivity contribution is 6.32. The lowest BCUT2D eigenvalue weighted by molar-refractivity contribution is 0.0186. The van der Waals surface area contributed by atoms with Gasteiger partial charge < -0.3 is 29.2 Å². The molecule has 12 heteroatoms. The number of halogens is 2. The highest BCUT2D eigenvalue weighted by Gasteiger charge is 2.37. The predicted molar refractivity (Wildman–Crippen MR) is 202 cm³/mol. The highest BCUT2D eigenvalue weighted by atomic mass is 35.5. The topological polar surface area (TPSA) is 114 Å². The summed E-state index contributed by atoms with van der Waals surface area (Å²) in [6.07, 6.45) is 4.67. The normalized spacial score (nSPS) is 16.5. The number of ether oxygens (including phenoxy) is 2. The average molecular weight is 736 g/mol. The molecule has 6 aromatic rings. The van der Waals surface area contributed by atoms with E-state index in [1.165, 1.54) is 0 Å². The van der Waals surface area contributed by atoms with E-state index in [1.807, 2.05) is 93.8 Å². The number of nitrogens with zero attached hydrogens (tertiary/aromatic N) is 4. The number of amides is 2. The number of carbonyl (C=O) groups excluding carboxylic acids is 2. The molecule has 52 heavy (non-hydrogen) atoms. The fourth-order valence-electron chi connectivity index (χ4n) is 7.23. The van der Waals surface area contributed by atoms with Crippen molar-refractivity contribution in [3.8, 4) is 28.4 Å². The van der Waals surface area contributed by atoms with Crippen molar-refractivity contribution in [2.24, 2.45) is 0 Å². The maximum Gasteiger partial charge on any atom is 0.410 e. The van der Waals surface area contributed by atoms with Gasteiger partial charge in [0.15, 0.2) is 0 Å². The molecule has 3 aromatic heterocycles. The number of anilines is 1. The van der Waals surface area contributed by atoms with E-state index in [0.29, 0.717) is 33.5 Å². The summed E-state index contributed by atoms with van der Waals surface area (Å²) in [5.41, 5.74) is 5.94. The third-order valence-corrected chi connectivity index (χ3v) is 9.86. The Kier molecular flexibility index (Phi) is 8.67. The lowest BCUT2D eigenvalue weighted by Crippen LogP contribution is -2.42. The van der Waals surface area contributed by atoms with Crippen LogP contribution in [0.2, 0.25) is 10.0 Å². The molecular weight excluding hydrogens is 699 g/mol. The van der Waals surface area contributed by atoms with Gasteiger partial charge in [0.2, 0.25) is 5.88 Å². The molecule has 0 aliphatic carbocycles. The van der Waals surface area contributed by atoms with Gasteiger partial charge in [0.25, 0.3) is 5.91 Å². The van der Waals surface area contributed by atoms with E-state index in [-0.39, 0.29) is 36.6 Å². The van der Waals surface area contributed by atoms with E-state index in [0.717, 1.165) is 51.8 Å². The molecule has 2 aliphatic heterocycles. The van der Waals surface area contributed by atoms with Gasteiger partial charge in [-0.25, -0.2) is 14.8 Å². The van der Waals surface area contributed by atoms with Gasteiger partial charge in [-0.3, -0.25) is 4.79 Å². The molecule has 0 spiro atoms. The van der Waals surface area contributed by atoms with Crippen LogP contribution in [0.1, 0.15) is 61.3 Å². The molecule has 2 aliphatic rings. The second-order valence-corrected chi connectivity index (χ2v) is 14.9. The summed E-state index contributed by atoms with van der Waals surface area (Å²) in [6.45, 7) is 6.33. The summed E-state index contributed by atoms with van der Waals surface area (Å²) in [6, 6.07) is 24.4. The summed E-state index contributed by atoms with van der Waals surface area (Å²) in [7, 11) is 0. The number of H-pyrrole nitrogens is 1. The Morgan fingerprint density at radius 1 is 0.981 bits per heavy atom. The Morgan fingerprint density at radius 3 is 2.54 bits per heavy atom. The van der Waals surface area contributed by atoms with E-state index < -0.39 is 5.60 Å². The fraction of sp³-hybridized carbons (Fsp3) is 0.250. The van der Waals surface area contributed by atoms with Crippen LogP contribution < -0.4 is 10.1 Å². The molecular formula is C40H36Cl2N6O4. The van der Waals surface area contributed by atoms with Gasteiger partial charge in [0.1, 0.15) is 23.6 Å². The largest absolute Gasteiger partial charge is 0.474 e. The molecule has 2 amide bonds.